The smallest absolute Gasteiger partial charge is 0.357 e. The summed E-state index contributed by atoms with van der Waals surface area (Å²) in [6.45, 7) is 1.66. The van der Waals surface area contributed by atoms with Crippen LogP contribution in [0, 0.1) is 0 Å². The zero-order valence-electron chi connectivity index (χ0n) is 7.61. The third-order valence-corrected chi connectivity index (χ3v) is 1.92. The first kappa shape index (κ1) is 11.0. The maximum Gasteiger partial charge on any atom is 0.357 e. The van der Waals surface area contributed by atoms with E-state index in [9.17, 15) is 9.18 Å². The molecule has 0 N–H and O–H groups in total. The highest BCUT2D eigenvalue weighted by atomic mass is 35.5. The van der Waals surface area contributed by atoms with Crippen LogP contribution < -0.4 is 0 Å². The molecular formula is C10H10ClFO2. The Hall–Kier alpha value is -1.09. The molecule has 2 atom stereocenters. The van der Waals surface area contributed by atoms with Crippen molar-refractivity contribution in [1.29, 1.82) is 0 Å². The maximum absolute atomic E-state index is 12.3. The lowest BCUT2D eigenvalue weighted by Crippen LogP contribution is -2.15. The minimum Gasteiger partial charge on any atom is -0.455 e. The number of hydrogen-bond acceptors (Lipinski definition) is 2. The second-order valence-electron chi connectivity index (χ2n) is 2.79. The van der Waals surface area contributed by atoms with Gasteiger partial charge >= 0.3 is 5.97 Å². The Labute approximate surface area is 86.6 Å². The Bertz CT molecular complexity index is 300. The summed E-state index contributed by atoms with van der Waals surface area (Å²) in [5, 5.41) is 0. The summed E-state index contributed by atoms with van der Waals surface area (Å²) in [5.41, 5.74) is -1.29. The number of benzene rings is 1. The Balaban J connectivity index is 2.59. The molecule has 0 aliphatic rings. The van der Waals surface area contributed by atoms with Gasteiger partial charge in [0.1, 0.15) is 6.10 Å². The second kappa shape index (κ2) is 4.96. The van der Waals surface area contributed by atoms with Crippen LogP contribution in [0.2, 0.25) is 0 Å². The van der Waals surface area contributed by atoms with E-state index in [2.05, 4.69) is 0 Å². The Morgan fingerprint density at radius 2 is 2.00 bits per heavy atom. The van der Waals surface area contributed by atoms with Crippen LogP contribution in [-0.2, 0) is 9.53 Å². The van der Waals surface area contributed by atoms with Crippen LogP contribution in [-0.4, -0.2) is 11.6 Å². The van der Waals surface area contributed by atoms with E-state index in [0.717, 1.165) is 5.56 Å². The van der Waals surface area contributed by atoms with E-state index >= 15 is 0 Å². The Morgan fingerprint density at radius 3 is 2.50 bits per heavy atom. The molecule has 14 heavy (non-hydrogen) atoms. The first-order chi connectivity index (χ1) is 6.61. The summed E-state index contributed by atoms with van der Waals surface area (Å²) in [5.74, 6) is -1.05. The van der Waals surface area contributed by atoms with Crippen molar-refractivity contribution in [3.63, 3.8) is 0 Å². The number of ether oxygens (including phenoxy) is 1. The minimum absolute atomic E-state index is 0.485. The molecule has 0 saturated heterocycles. The summed E-state index contributed by atoms with van der Waals surface area (Å²) < 4.78 is 17.0. The third kappa shape index (κ3) is 3.00. The fraction of sp³-hybridized carbons (Fsp3) is 0.300. The van der Waals surface area contributed by atoms with E-state index in [1.807, 2.05) is 18.2 Å². The van der Waals surface area contributed by atoms with Crippen molar-refractivity contribution in [2.75, 3.05) is 0 Å². The molecule has 0 bridgehead atoms. The molecule has 0 unspecified atom stereocenters. The van der Waals surface area contributed by atoms with Crippen LogP contribution in [0.3, 0.4) is 0 Å². The van der Waals surface area contributed by atoms with Crippen molar-refractivity contribution in [3.05, 3.63) is 35.9 Å². The summed E-state index contributed by atoms with van der Waals surface area (Å²) >= 11 is 4.92. The van der Waals surface area contributed by atoms with Crippen LogP contribution in [0.4, 0.5) is 4.39 Å². The van der Waals surface area contributed by atoms with Crippen LogP contribution in [0.25, 0.3) is 0 Å². The lowest BCUT2D eigenvalue weighted by atomic mass is 10.1. The summed E-state index contributed by atoms with van der Waals surface area (Å²) in [4.78, 5) is 10.8. The van der Waals surface area contributed by atoms with Gasteiger partial charge in [0.05, 0.1) is 0 Å². The molecular weight excluding hydrogens is 207 g/mol. The third-order valence-electron chi connectivity index (χ3n) is 1.74. The molecule has 1 rings (SSSR count). The van der Waals surface area contributed by atoms with Crippen molar-refractivity contribution >= 4 is 17.6 Å². The lowest BCUT2D eigenvalue weighted by Gasteiger charge is -2.13. The molecule has 0 aliphatic carbocycles. The van der Waals surface area contributed by atoms with Crippen molar-refractivity contribution in [2.24, 2.45) is 0 Å². The molecule has 0 saturated carbocycles. The van der Waals surface area contributed by atoms with Gasteiger partial charge in [0.25, 0.3) is 5.63 Å². The minimum atomic E-state index is -2.10. The lowest BCUT2D eigenvalue weighted by molar-refractivity contribution is -0.151. The quantitative estimate of drug-likeness (QED) is 0.574. The standard InChI is InChI=1S/C10H10ClFO2/c1-7(14-10(13)9(11)12)8-5-3-2-4-6-8/h2-7,9H,1H3/t7-,9+/m1/s1. The van der Waals surface area contributed by atoms with Gasteiger partial charge in [-0.25, -0.2) is 9.18 Å². The average molecular weight is 217 g/mol. The van der Waals surface area contributed by atoms with Gasteiger partial charge in [0.15, 0.2) is 0 Å². The van der Waals surface area contributed by atoms with Crippen molar-refractivity contribution in [3.8, 4) is 0 Å². The number of carbonyl (C=O) groups is 1. The monoisotopic (exact) mass is 216 g/mol. The molecule has 0 spiro atoms. The van der Waals surface area contributed by atoms with Gasteiger partial charge in [-0.3, -0.25) is 0 Å². The molecule has 1 aromatic rings. The first-order valence-electron chi connectivity index (χ1n) is 4.15. The van der Waals surface area contributed by atoms with E-state index in [0.29, 0.717) is 0 Å². The fourth-order valence-electron chi connectivity index (χ4n) is 1.02. The van der Waals surface area contributed by atoms with Crippen LogP contribution >= 0.6 is 11.6 Å². The van der Waals surface area contributed by atoms with Gasteiger partial charge < -0.3 is 4.74 Å². The Morgan fingerprint density at radius 1 is 1.43 bits per heavy atom. The van der Waals surface area contributed by atoms with Gasteiger partial charge in [-0.2, -0.15) is 0 Å². The molecule has 0 aromatic heterocycles. The number of alkyl halides is 2. The molecule has 0 amide bonds. The normalized spacial score (nSPS) is 14.5. The number of halogens is 2. The number of hydrogen-bond donors (Lipinski definition) is 0. The molecule has 2 nitrogen and oxygen atoms in total. The van der Waals surface area contributed by atoms with Crippen molar-refractivity contribution in [2.45, 2.75) is 18.7 Å². The van der Waals surface area contributed by atoms with Crippen molar-refractivity contribution < 1.29 is 13.9 Å². The van der Waals surface area contributed by atoms with Gasteiger partial charge in [0, 0.05) is 0 Å². The molecule has 0 aliphatic heterocycles. The highest BCUT2D eigenvalue weighted by Gasteiger charge is 2.18. The van der Waals surface area contributed by atoms with Gasteiger partial charge in [-0.1, -0.05) is 41.9 Å². The second-order valence-corrected chi connectivity index (χ2v) is 3.17. The number of esters is 1. The molecule has 1 aromatic carbocycles. The molecule has 76 valence electrons. The maximum atomic E-state index is 12.3. The predicted octanol–water partition coefficient (Wildman–Crippen LogP) is 2.83. The molecule has 0 heterocycles. The summed E-state index contributed by atoms with van der Waals surface area (Å²) in [7, 11) is 0. The zero-order valence-corrected chi connectivity index (χ0v) is 8.37. The average Bonchev–Trinajstić information content (AvgIpc) is 2.19. The SMILES string of the molecule is C[C@@H](OC(=O)[C@H](F)Cl)c1ccccc1. The summed E-state index contributed by atoms with van der Waals surface area (Å²) in [6, 6.07) is 9.05. The van der Waals surface area contributed by atoms with Crippen LogP contribution in [0.1, 0.15) is 18.6 Å². The molecule has 4 heteroatoms. The van der Waals surface area contributed by atoms with Crippen molar-refractivity contribution in [1.82, 2.24) is 0 Å². The van der Waals surface area contributed by atoms with Crippen LogP contribution in [0.15, 0.2) is 30.3 Å². The van der Waals surface area contributed by atoms with E-state index in [-0.39, 0.29) is 0 Å². The van der Waals surface area contributed by atoms with E-state index in [4.69, 9.17) is 16.3 Å². The predicted molar refractivity (Wildman–Crippen MR) is 51.7 cm³/mol. The fourth-order valence-corrected chi connectivity index (χ4v) is 1.07. The Kier molecular flexibility index (Phi) is 3.89. The topological polar surface area (TPSA) is 26.3 Å². The largest absolute Gasteiger partial charge is 0.455 e. The first-order valence-corrected chi connectivity index (χ1v) is 4.58. The highest BCUT2D eigenvalue weighted by molar-refractivity contribution is 6.28. The van der Waals surface area contributed by atoms with E-state index < -0.39 is 17.7 Å². The molecule has 0 radical (unpaired) electrons. The number of rotatable bonds is 3. The zero-order chi connectivity index (χ0) is 10.6. The van der Waals surface area contributed by atoms with E-state index in [1.54, 1.807) is 19.1 Å². The number of carbonyl (C=O) groups excluding carboxylic acids is 1. The highest BCUT2D eigenvalue weighted by Crippen LogP contribution is 2.17. The van der Waals surface area contributed by atoms with Gasteiger partial charge in [-0.05, 0) is 12.5 Å². The van der Waals surface area contributed by atoms with Gasteiger partial charge in [0.2, 0.25) is 0 Å². The van der Waals surface area contributed by atoms with Crippen LogP contribution in [0.5, 0.6) is 0 Å². The summed E-state index contributed by atoms with van der Waals surface area (Å²) in [6.07, 6.45) is -0.485. The van der Waals surface area contributed by atoms with E-state index in [1.165, 1.54) is 0 Å². The van der Waals surface area contributed by atoms with Gasteiger partial charge in [-0.15, -0.1) is 0 Å². The molecule has 0 fully saturated rings.